The second-order valence-corrected chi connectivity index (χ2v) is 2.85. The third-order valence-corrected chi connectivity index (χ3v) is 1.63. The molecule has 0 aliphatic rings. The van der Waals surface area contributed by atoms with Gasteiger partial charge in [0, 0.05) is 12.5 Å². The molecule has 0 saturated carbocycles. The normalized spacial score (nSPS) is 14.7. The molecule has 0 rings (SSSR count). The number of hydrogen-bond acceptors (Lipinski definition) is 3. The van der Waals surface area contributed by atoms with Gasteiger partial charge in [0.05, 0.1) is 6.61 Å². The zero-order valence-electron chi connectivity index (χ0n) is 7.79. The number of ether oxygens (including phenoxy) is 1. The minimum absolute atomic E-state index is 0.00754. The maximum absolute atomic E-state index is 8.32. The van der Waals surface area contributed by atoms with Gasteiger partial charge in [0.2, 0.25) is 0 Å². The fourth-order valence-electron chi connectivity index (χ4n) is 0.690. The number of amidine groups is 1. The maximum Gasteiger partial charge on any atom is 0.144 e. The number of nitrogens with two attached hydrogens (primary N) is 1. The molecule has 0 spiro atoms. The van der Waals surface area contributed by atoms with E-state index in [0.29, 0.717) is 6.61 Å². The smallest absolute Gasteiger partial charge is 0.144 e. The van der Waals surface area contributed by atoms with Crippen LogP contribution < -0.4 is 5.73 Å². The summed E-state index contributed by atoms with van der Waals surface area (Å²) >= 11 is 0. The summed E-state index contributed by atoms with van der Waals surface area (Å²) in [5, 5.41) is 11.2. The third-order valence-electron chi connectivity index (χ3n) is 1.63. The molecular weight excluding hydrogens is 156 g/mol. The van der Waals surface area contributed by atoms with Gasteiger partial charge in [-0.3, -0.25) is 0 Å². The number of hydrogen-bond donors (Lipinski definition) is 2. The summed E-state index contributed by atoms with van der Waals surface area (Å²) < 4.78 is 5.29. The van der Waals surface area contributed by atoms with Gasteiger partial charge in [-0.1, -0.05) is 25.4 Å². The molecule has 0 saturated heterocycles. The monoisotopic (exact) mass is 174 g/mol. The molecule has 1 atom stereocenters. The Morgan fingerprint density at radius 3 is 2.83 bits per heavy atom. The Bertz CT molecular complexity index is 137. The Hall–Kier alpha value is -0.770. The zero-order valence-corrected chi connectivity index (χ0v) is 7.79. The Kier molecular flexibility index (Phi) is 6.47. The highest BCUT2D eigenvalue weighted by atomic mass is 16.5. The molecule has 0 aliphatic heterocycles. The van der Waals surface area contributed by atoms with Crippen molar-refractivity contribution in [2.45, 2.75) is 26.7 Å². The van der Waals surface area contributed by atoms with E-state index in [4.69, 9.17) is 15.7 Å². The first-order valence-electron chi connectivity index (χ1n) is 4.27. The first-order chi connectivity index (χ1) is 5.72. The van der Waals surface area contributed by atoms with E-state index in [2.05, 4.69) is 12.1 Å². The van der Waals surface area contributed by atoms with Gasteiger partial charge in [0.15, 0.2) is 0 Å². The average molecular weight is 174 g/mol. The van der Waals surface area contributed by atoms with Crippen LogP contribution in [0.25, 0.3) is 0 Å². The van der Waals surface area contributed by atoms with Crippen LogP contribution in [0.5, 0.6) is 0 Å². The Morgan fingerprint density at radius 1 is 1.67 bits per heavy atom. The lowest BCUT2D eigenvalue weighted by atomic mass is 10.2. The summed E-state index contributed by atoms with van der Waals surface area (Å²) in [6, 6.07) is 0. The largest absolute Gasteiger partial charge is 0.409 e. The summed E-state index contributed by atoms with van der Waals surface area (Å²) in [6.45, 7) is 5.24. The highest BCUT2D eigenvalue weighted by molar-refractivity contribution is 5.81. The number of oxime groups is 1. The molecule has 0 radical (unpaired) electrons. The SMILES string of the molecule is CCCCOCC(C)/C(N)=N/O. The molecule has 0 aromatic carbocycles. The van der Waals surface area contributed by atoms with E-state index < -0.39 is 0 Å². The van der Waals surface area contributed by atoms with Crippen LogP contribution in [0.2, 0.25) is 0 Å². The van der Waals surface area contributed by atoms with Crippen molar-refractivity contribution in [2.24, 2.45) is 16.8 Å². The molecule has 72 valence electrons. The first-order valence-corrected chi connectivity index (χ1v) is 4.27. The van der Waals surface area contributed by atoms with Gasteiger partial charge < -0.3 is 15.7 Å². The van der Waals surface area contributed by atoms with Crippen molar-refractivity contribution in [2.75, 3.05) is 13.2 Å². The second-order valence-electron chi connectivity index (χ2n) is 2.85. The van der Waals surface area contributed by atoms with E-state index in [1.807, 2.05) is 6.92 Å². The highest BCUT2D eigenvalue weighted by Crippen LogP contribution is 1.97. The van der Waals surface area contributed by atoms with E-state index >= 15 is 0 Å². The lowest BCUT2D eigenvalue weighted by molar-refractivity contribution is 0.117. The summed E-state index contributed by atoms with van der Waals surface area (Å²) in [5.41, 5.74) is 5.35. The van der Waals surface area contributed by atoms with Crippen molar-refractivity contribution < 1.29 is 9.94 Å². The summed E-state index contributed by atoms with van der Waals surface area (Å²) in [6.07, 6.45) is 2.18. The van der Waals surface area contributed by atoms with E-state index in [0.717, 1.165) is 19.4 Å². The van der Waals surface area contributed by atoms with E-state index in [1.165, 1.54) is 0 Å². The minimum atomic E-state index is -0.00754. The molecule has 0 fully saturated rings. The van der Waals surface area contributed by atoms with Crippen molar-refractivity contribution >= 4 is 5.84 Å². The summed E-state index contributed by atoms with van der Waals surface area (Å²) in [7, 11) is 0. The fourth-order valence-corrected chi connectivity index (χ4v) is 0.690. The number of nitrogens with zero attached hydrogens (tertiary/aromatic N) is 1. The first kappa shape index (κ1) is 11.2. The average Bonchev–Trinajstić information content (AvgIpc) is 2.10. The van der Waals surface area contributed by atoms with E-state index in [-0.39, 0.29) is 11.8 Å². The van der Waals surface area contributed by atoms with Crippen molar-refractivity contribution in [1.82, 2.24) is 0 Å². The molecule has 4 nitrogen and oxygen atoms in total. The highest BCUT2D eigenvalue weighted by Gasteiger charge is 2.06. The Labute approximate surface area is 73.4 Å². The van der Waals surface area contributed by atoms with Gasteiger partial charge in [-0.2, -0.15) is 0 Å². The van der Waals surface area contributed by atoms with Gasteiger partial charge in [-0.25, -0.2) is 0 Å². The van der Waals surface area contributed by atoms with Crippen molar-refractivity contribution in [3.8, 4) is 0 Å². The summed E-state index contributed by atoms with van der Waals surface area (Å²) in [5.74, 6) is 0.221. The maximum atomic E-state index is 8.32. The van der Waals surface area contributed by atoms with Crippen molar-refractivity contribution in [1.29, 1.82) is 0 Å². The van der Waals surface area contributed by atoms with E-state index in [9.17, 15) is 0 Å². The molecule has 0 aromatic rings. The Morgan fingerprint density at radius 2 is 2.33 bits per heavy atom. The van der Waals surface area contributed by atoms with Crippen LogP contribution in [0.1, 0.15) is 26.7 Å². The predicted octanol–water partition coefficient (Wildman–Crippen LogP) is 1.19. The van der Waals surface area contributed by atoms with Crippen LogP contribution in [0, 0.1) is 5.92 Å². The van der Waals surface area contributed by atoms with Crippen molar-refractivity contribution in [3.05, 3.63) is 0 Å². The van der Waals surface area contributed by atoms with Gasteiger partial charge >= 0.3 is 0 Å². The molecule has 0 aliphatic carbocycles. The van der Waals surface area contributed by atoms with Gasteiger partial charge in [0.1, 0.15) is 5.84 Å². The van der Waals surface area contributed by atoms with Crippen LogP contribution in [-0.2, 0) is 4.74 Å². The topological polar surface area (TPSA) is 67.8 Å². The molecule has 0 heterocycles. The van der Waals surface area contributed by atoms with Gasteiger partial charge in [0.25, 0.3) is 0 Å². The van der Waals surface area contributed by atoms with Crippen LogP contribution in [0.15, 0.2) is 5.16 Å². The summed E-state index contributed by atoms with van der Waals surface area (Å²) in [4.78, 5) is 0. The van der Waals surface area contributed by atoms with E-state index in [1.54, 1.807) is 0 Å². The molecule has 0 aromatic heterocycles. The lowest BCUT2D eigenvalue weighted by Crippen LogP contribution is -2.25. The zero-order chi connectivity index (χ0) is 9.40. The molecule has 3 N–H and O–H groups in total. The predicted molar refractivity (Wildman–Crippen MR) is 48.3 cm³/mol. The van der Waals surface area contributed by atoms with Crippen molar-refractivity contribution in [3.63, 3.8) is 0 Å². The molecule has 1 unspecified atom stereocenters. The standard InChI is InChI=1S/C8H18N2O2/c1-3-4-5-12-6-7(2)8(9)10-11/h7,11H,3-6H2,1-2H3,(H2,9,10). The number of unbranched alkanes of at least 4 members (excludes halogenated alkanes) is 1. The second kappa shape index (κ2) is 6.91. The minimum Gasteiger partial charge on any atom is -0.409 e. The molecule has 0 bridgehead atoms. The van der Waals surface area contributed by atoms with Crippen LogP contribution in [0.4, 0.5) is 0 Å². The molecular formula is C8H18N2O2. The Balaban J connectivity index is 3.37. The van der Waals surface area contributed by atoms with Gasteiger partial charge in [-0.05, 0) is 6.42 Å². The van der Waals surface area contributed by atoms with Gasteiger partial charge in [-0.15, -0.1) is 0 Å². The molecule has 4 heteroatoms. The van der Waals surface area contributed by atoms with Crippen LogP contribution in [0.3, 0.4) is 0 Å². The lowest BCUT2D eigenvalue weighted by Gasteiger charge is -2.09. The van der Waals surface area contributed by atoms with Crippen LogP contribution >= 0.6 is 0 Å². The fraction of sp³-hybridized carbons (Fsp3) is 0.875. The molecule has 12 heavy (non-hydrogen) atoms. The quantitative estimate of drug-likeness (QED) is 0.209. The van der Waals surface area contributed by atoms with Crippen LogP contribution in [-0.4, -0.2) is 24.3 Å². The number of rotatable bonds is 6. The molecule has 0 amide bonds. The third kappa shape index (κ3) is 4.96.